The Hall–Kier alpha value is -1.92. The van der Waals surface area contributed by atoms with E-state index in [0.717, 1.165) is 44.3 Å². The van der Waals surface area contributed by atoms with Gasteiger partial charge >= 0.3 is 0 Å². The third-order valence-corrected chi connectivity index (χ3v) is 3.19. The highest BCUT2D eigenvalue weighted by Crippen LogP contribution is 2.11. The molecule has 6 heteroatoms. The molecule has 2 heterocycles. The van der Waals surface area contributed by atoms with Gasteiger partial charge in [-0.2, -0.15) is 4.98 Å². The highest BCUT2D eigenvalue weighted by atomic mass is 16.5. The Kier molecular flexibility index (Phi) is 4.25. The van der Waals surface area contributed by atoms with Crippen molar-refractivity contribution in [3.8, 4) is 5.75 Å². The Labute approximate surface area is 117 Å². The van der Waals surface area contributed by atoms with Crippen molar-refractivity contribution in [1.82, 2.24) is 20.4 Å². The number of nitrogens with one attached hydrogen (secondary N) is 1. The minimum atomic E-state index is 0.304. The van der Waals surface area contributed by atoms with Gasteiger partial charge in [-0.1, -0.05) is 23.4 Å². The van der Waals surface area contributed by atoms with Crippen molar-refractivity contribution in [2.24, 2.45) is 0 Å². The lowest BCUT2D eigenvalue weighted by Gasteiger charge is -2.25. The second-order valence-electron chi connectivity index (χ2n) is 4.73. The number of rotatable bonds is 5. The maximum Gasteiger partial charge on any atom is 0.264 e. The smallest absolute Gasteiger partial charge is 0.264 e. The van der Waals surface area contributed by atoms with Crippen LogP contribution in [0.15, 0.2) is 34.9 Å². The van der Waals surface area contributed by atoms with Gasteiger partial charge < -0.3 is 14.6 Å². The second-order valence-corrected chi connectivity index (χ2v) is 4.73. The van der Waals surface area contributed by atoms with Gasteiger partial charge in [0.1, 0.15) is 5.75 Å². The van der Waals surface area contributed by atoms with Crippen LogP contribution in [0.5, 0.6) is 5.75 Å². The van der Waals surface area contributed by atoms with E-state index in [0.29, 0.717) is 12.5 Å². The molecule has 3 rings (SSSR count). The van der Waals surface area contributed by atoms with E-state index >= 15 is 0 Å². The predicted molar refractivity (Wildman–Crippen MR) is 73.2 cm³/mol. The van der Waals surface area contributed by atoms with Crippen LogP contribution in [0.1, 0.15) is 11.7 Å². The van der Waals surface area contributed by atoms with E-state index in [-0.39, 0.29) is 0 Å². The number of piperazine rings is 1. The zero-order valence-corrected chi connectivity index (χ0v) is 11.3. The third-order valence-electron chi connectivity index (χ3n) is 3.19. The highest BCUT2D eigenvalue weighted by Gasteiger charge is 2.14. The van der Waals surface area contributed by atoms with Gasteiger partial charge in [-0.25, -0.2) is 0 Å². The van der Waals surface area contributed by atoms with Crippen LogP contribution in [0.2, 0.25) is 0 Å². The molecular weight excluding hydrogens is 256 g/mol. The van der Waals surface area contributed by atoms with E-state index in [1.54, 1.807) is 0 Å². The van der Waals surface area contributed by atoms with Crippen LogP contribution in [0, 0.1) is 0 Å². The van der Waals surface area contributed by atoms with Crippen LogP contribution in [-0.2, 0) is 13.2 Å². The molecule has 0 aliphatic carbocycles. The van der Waals surface area contributed by atoms with E-state index in [2.05, 4.69) is 20.4 Å². The van der Waals surface area contributed by atoms with Gasteiger partial charge in [-0.05, 0) is 12.1 Å². The molecule has 2 aromatic rings. The molecule has 20 heavy (non-hydrogen) atoms. The molecule has 1 saturated heterocycles. The van der Waals surface area contributed by atoms with Crippen LogP contribution >= 0.6 is 0 Å². The first-order valence-electron chi connectivity index (χ1n) is 6.82. The molecule has 0 amide bonds. The summed E-state index contributed by atoms with van der Waals surface area (Å²) in [4.78, 5) is 6.66. The maximum atomic E-state index is 5.58. The van der Waals surface area contributed by atoms with Gasteiger partial charge in [-0.15, -0.1) is 0 Å². The van der Waals surface area contributed by atoms with Crippen molar-refractivity contribution >= 4 is 0 Å². The van der Waals surface area contributed by atoms with Gasteiger partial charge in [0.05, 0.1) is 6.54 Å². The fourth-order valence-corrected chi connectivity index (χ4v) is 2.14. The summed E-state index contributed by atoms with van der Waals surface area (Å²) in [5.41, 5.74) is 0. The second kappa shape index (κ2) is 6.49. The zero-order valence-electron chi connectivity index (χ0n) is 11.3. The van der Waals surface area contributed by atoms with Crippen molar-refractivity contribution in [1.29, 1.82) is 0 Å². The molecule has 0 spiro atoms. The molecule has 106 valence electrons. The number of nitrogens with zero attached hydrogens (tertiary/aromatic N) is 3. The molecule has 1 aromatic carbocycles. The molecule has 6 nitrogen and oxygen atoms in total. The lowest BCUT2D eigenvalue weighted by atomic mass is 10.3. The van der Waals surface area contributed by atoms with Crippen molar-refractivity contribution in [3.63, 3.8) is 0 Å². The molecule has 1 aliphatic rings. The van der Waals surface area contributed by atoms with E-state index in [9.17, 15) is 0 Å². The van der Waals surface area contributed by atoms with Crippen LogP contribution in [-0.4, -0.2) is 41.2 Å². The summed E-state index contributed by atoms with van der Waals surface area (Å²) in [6.07, 6.45) is 0. The fourth-order valence-electron chi connectivity index (χ4n) is 2.14. The Balaban J connectivity index is 1.51. The highest BCUT2D eigenvalue weighted by molar-refractivity contribution is 5.20. The molecule has 0 bridgehead atoms. The lowest BCUT2D eigenvalue weighted by Crippen LogP contribution is -2.43. The van der Waals surface area contributed by atoms with Gasteiger partial charge in [0.25, 0.3) is 5.89 Å². The zero-order chi connectivity index (χ0) is 13.6. The van der Waals surface area contributed by atoms with E-state index in [1.165, 1.54) is 0 Å². The Bertz CT molecular complexity index is 523. The van der Waals surface area contributed by atoms with E-state index < -0.39 is 0 Å². The van der Waals surface area contributed by atoms with Crippen LogP contribution < -0.4 is 10.1 Å². The first-order chi connectivity index (χ1) is 9.90. The van der Waals surface area contributed by atoms with Crippen molar-refractivity contribution in [2.45, 2.75) is 13.2 Å². The maximum absolute atomic E-state index is 5.58. The molecule has 1 aliphatic heterocycles. The predicted octanol–water partition coefficient (Wildman–Crippen LogP) is 1.05. The molecule has 0 atom stereocenters. The number of benzene rings is 1. The Morgan fingerprint density at radius 2 is 2.00 bits per heavy atom. The van der Waals surface area contributed by atoms with Gasteiger partial charge in [-0.3, -0.25) is 4.90 Å². The van der Waals surface area contributed by atoms with Crippen LogP contribution in [0.4, 0.5) is 0 Å². The molecule has 1 fully saturated rings. The quantitative estimate of drug-likeness (QED) is 0.879. The summed E-state index contributed by atoms with van der Waals surface area (Å²) in [6.45, 7) is 5.10. The summed E-state index contributed by atoms with van der Waals surface area (Å²) < 4.78 is 10.8. The normalized spacial score (nSPS) is 16.2. The van der Waals surface area contributed by atoms with E-state index in [4.69, 9.17) is 9.26 Å². The lowest BCUT2D eigenvalue weighted by molar-refractivity contribution is 0.222. The molecule has 0 unspecified atom stereocenters. The van der Waals surface area contributed by atoms with Gasteiger partial charge in [0.15, 0.2) is 12.4 Å². The summed E-state index contributed by atoms with van der Waals surface area (Å²) >= 11 is 0. The summed E-state index contributed by atoms with van der Waals surface area (Å²) in [6, 6.07) is 9.61. The minimum Gasteiger partial charge on any atom is -0.484 e. The number of aromatic nitrogens is 2. The minimum absolute atomic E-state index is 0.304. The number of para-hydroxylation sites is 1. The number of hydrogen-bond acceptors (Lipinski definition) is 6. The number of hydrogen-bond donors (Lipinski definition) is 1. The summed E-state index contributed by atoms with van der Waals surface area (Å²) in [5, 5.41) is 7.31. The van der Waals surface area contributed by atoms with Gasteiger partial charge in [0, 0.05) is 26.2 Å². The SMILES string of the molecule is c1ccc(OCc2nc(CN3CCNCC3)no2)cc1. The number of ether oxygens (including phenoxy) is 1. The first kappa shape index (κ1) is 13.1. The van der Waals surface area contributed by atoms with Gasteiger partial charge in [0.2, 0.25) is 0 Å². The molecule has 0 saturated carbocycles. The molecular formula is C14H18N4O2. The summed E-state index contributed by atoms with van der Waals surface area (Å²) in [7, 11) is 0. The Morgan fingerprint density at radius 1 is 1.20 bits per heavy atom. The average molecular weight is 274 g/mol. The monoisotopic (exact) mass is 274 g/mol. The third kappa shape index (κ3) is 3.55. The average Bonchev–Trinajstić information content (AvgIpc) is 2.95. The summed E-state index contributed by atoms with van der Waals surface area (Å²) in [5.74, 6) is 2.03. The van der Waals surface area contributed by atoms with Crippen molar-refractivity contribution in [2.75, 3.05) is 26.2 Å². The van der Waals surface area contributed by atoms with E-state index in [1.807, 2.05) is 30.3 Å². The van der Waals surface area contributed by atoms with Crippen LogP contribution in [0.25, 0.3) is 0 Å². The Morgan fingerprint density at radius 3 is 2.80 bits per heavy atom. The fraction of sp³-hybridized carbons (Fsp3) is 0.429. The topological polar surface area (TPSA) is 63.4 Å². The molecule has 1 aromatic heterocycles. The molecule has 0 radical (unpaired) electrons. The largest absolute Gasteiger partial charge is 0.484 e. The van der Waals surface area contributed by atoms with Crippen LogP contribution in [0.3, 0.4) is 0 Å². The van der Waals surface area contributed by atoms with Crippen molar-refractivity contribution < 1.29 is 9.26 Å². The molecule has 1 N–H and O–H groups in total. The van der Waals surface area contributed by atoms with Crippen molar-refractivity contribution in [3.05, 3.63) is 42.0 Å². The standard InChI is InChI=1S/C14H18N4O2/c1-2-4-12(5-3-1)19-11-14-16-13(17-20-14)10-18-8-6-15-7-9-18/h1-5,15H,6-11H2. The first-order valence-corrected chi connectivity index (χ1v) is 6.82.